The summed E-state index contributed by atoms with van der Waals surface area (Å²) in [4.78, 5) is 28.0. The summed E-state index contributed by atoms with van der Waals surface area (Å²) in [5.41, 5.74) is -1.49. The molecule has 28 heavy (non-hydrogen) atoms. The summed E-state index contributed by atoms with van der Waals surface area (Å²) in [5.74, 6) is 0.281. The number of carbonyl (C=O) groups is 1. The second-order valence-electron chi connectivity index (χ2n) is 5.63. The number of halogens is 3. The molecular formula is C19H13F3N2O4. The molecule has 0 fully saturated rings. The lowest BCUT2D eigenvalue weighted by Crippen LogP contribution is -2.19. The maximum Gasteiger partial charge on any atom is 0.431 e. The highest BCUT2D eigenvalue weighted by atomic mass is 19.4. The monoisotopic (exact) mass is 390 g/mol. The zero-order valence-electron chi connectivity index (χ0n) is 14.4. The maximum absolute atomic E-state index is 12.7. The van der Waals surface area contributed by atoms with Crippen LogP contribution in [-0.4, -0.2) is 23.0 Å². The molecule has 0 aliphatic heterocycles. The van der Waals surface area contributed by atoms with E-state index in [1.165, 1.54) is 19.3 Å². The van der Waals surface area contributed by atoms with Crippen molar-refractivity contribution in [3.8, 4) is 11.3 Å². The zero-order chi connectivity index (χ0) is 20.3. The fourth-order valence-electron chi connectivity index (χ4n) is 2.40. The Hall–Kier alpha value is -3.62. The van der Waals surface area contributed by atoms with Gasteiger partial charge in [-0.3, -0.25) is 0 Å². The number of furan rings is 1. The summed E-state index contributed by atoms with van der Waals surface area (Å²) < 4.78 is 48.5. The van der Waals surface area contributed by atoms with Gasteiger partial charge in [0.15, 0.2) is 0 Å². The van der Waals surface area contributed by atoms with Gasteiger partial charge in [0, 0.05) is 5.56 Å². The third-order valence-corrected chi connectivity index (χ3v) is 3.68. The lowest BCUT2D eigenvalue weighted by Gasteiger charge is -2.05. The number of methoxy groups -OCH3 is 1. The number of nitrogens with zero attached hydrogens (tertiary/aromatic N) is 1. The standard InChI is InChI=1S/C19H13F3N2O4/c1-27-17(25)12-4-2-3-11(9-12)15-8-7-14(28-15)6-5-13-10-16(19(20,21)22)24-18(26)23-13/h2-10H,1H3,(H,23,24,26). The molecule has 6 nitrogen and oxygen atoms in total. The first-order valence-corrected chi connectivity index (χ1v) is 7.91. The summed E-state index contributed by atoms with van der Waals surface area (Å²) in [6.07, 6.45) is -2.07. The van der Waals surface area contributed by atoms with E-state index in [1.807, 2.05) is 0 Å². The van der Waals surface area contributed by atoms with Crippen LogP contribution in [0.1, 0.15) is 27.5 Å². The number of hydrogen-bond acceptors (Lipinski definition) is 5. The molecule has 3 aromatic rings. The number of rotatable bonds is 4. The number of benzene rings is 1. The first kappa shape index (κ1) is 19.2. The molecule has 0 aliphatic carbocycles. The fourth-order valence-corrected chi connectivity index (χ4v) is 2.40. The highest BCUT2D eigenvalue weighted by Gasteiger charge is 2.32. The van der Waals surface area contributed by atoms with Crippen molar-refractivity contribution >= 4 is 18.1 Å². The van der Waals surface area contributed by atoms with Gasteiger partial charge in [-0.05, 0) is 42.5 Å². The van der Waals surface area contributed by atoms with Crippen LogP contribution in [0, 0.1) is 0 Å². The number of carbonyl (C=O) groups excluding carboxylic acids is 1. The number of alkyl halides is 3. The zero-order valence-corrected chi connectivity index (χ0v) is 14.4. The van der Waals surface area contributed by atoms with Crippen molar-refractivity contribution in [2.24, 2.45) is 0 Å². The molecule has 144 valence electrons. The van der Waals surface area contributed by atoms with Crippen LogP contribution in [0.3, 0.4) is 0 Å². The number of esters is 1. The normalized spacial score (nSPS) is 11.7. The SMILES string of the molecule is COC(=O)c1cccc(-c2ccc(C=Cc3cc(C(F)(F)F)[nH]c(=O)n3)o2)c1. The number of H-pyrrole nitrogens is 1. The van der Waals surface area contributed by atoms with Crippen LogP contribution < -0.4 is 5.69 Å². The van der Waals surface area contributed by atoms with Crippen molar-refractivity contribution < 1.29 is 27.1 Å². The maximum atomic E-state index is 12.7. The average molecular weight is 390 g/mol. The van der Waals surface area contributed by atoms with Crippen molar-refractivity contribution in [1.82, 2.24) is 9.97 Å². The predicted octanol–water partition coefficient (Wildman–Crippen LogP) is 4.01. The number of ether oxygens (including phenoxy) is 1. The first-order chi connectivity index (χ1) is 13.3. The molecule has 2 aromatic heterocycles. The molecule has 0 aliphatic rings. The van der Waals surface area contributed by atoms with E-state index in [1.54, 1.807) is 41.4 Å². The summed E-state index contributed by atoms with van der Waals surface area (Å²) in [5, 5.41) is 0. The van der Waals surface area contributed by atoms with Gasteiger partial charge in [-0.2, -0.15) is 18.2 Å². The Bertz CT molecular complexity index is 1100. The molecule has 0 bridgehead atoms. The van der Waals surface area contributed by atoms with Crippen molar-refractivity contribution in [2.75, 3.05) is 7.11 Å². The first-order valence-electron chi connectivity index (χ1n) is 7.91. The van der Waals surface area contributed by atoms with Crippen molar-refractivity contribution in [3.05, 3.63) is 75.7 Å². The molecule has 0 saturated heterocycles. The van der Waals surface area contributed by atoms with Crippen LogP contribution in [0.15, 0.2) is 51.7 Å². The topological polar surface area (TPSA) is 85.2 Å². The van der Waals surface area contributed by atoms with Gasteiger partial charge in [-0.1, -0.05) is 12.1 Å². The highest BCUT2D eigenvalue weighted by molar-refractivity contribution is 5.90. The van der Waals surface area contributed by atoms with Crippen molar-refractivity contribution in [3.63, 3.8) is 0 Å². The van der Waals surface area contributed by atoms with Gasteiger partial charge in [0.05, 0.1) is 18.4 Å². The van der Waals surface area contributed by atoms with E-state index < -0.39 is 23.5 Å². The van der Waals surface area contributed by atoms with Gasteiger partial charge in [-0.25, -0.2) is 9.59 Å². The Morgan fingerprint density at radius 3 is 2.68 bits per heavy atom. The quantitative estimate of drug-likeness (QED) is 0.681. The van der Waals surface area contributed by atoms with Gasteiger partial charge < -0.3 is 14.1 Å². The van der Waals surface area contributed by atoms with E-state index in [0.29, 0.717) is 22.6 Å². The van der Waals surface area contributed by atoms with Gasteiger partial charge in [0.2, 0.25) is 0 Å². The molecule has 2 heterocycles. The van der Waals surface area contributed by atoms with Crippen LogP contribution in [0.5, 0.6) is 0 Å². The van der Waals surface area contributed by atoms with Crippen LogP contribution in [0.25, 0.3) is 23.5 Å². The van der Waals surface area contributed by atoms with E-state index in [-0.39, 0.29) is 5.69 Å². The summed E-state index contributed by atoms with van der Waals surface area (Å²) in [6.45, 7) is 0. The molecule has 0 saturated carbocycles. The molecule has 0 unspecified atom stereocenters. The van der Waals surface area contributed by atoms with Gasteiger partial charge >= 0.3 is 17.8 Å². The largest absolute Gasteiger partial charge is 0.465 e. The van der Waals surface area contributed by atoms with Gasteiger partial charge in [0.25, 0.3) is 0 Å². The van der Waals surface area contributed by atoms with Crippen molar-refractivity contribution in [1.29, 1.82) is 0 Å². The minimum atomic E-state index is -4.69. The Labute approximate surface area is 156 Å². The van der Waals surface area contributed by atoms with E-state index >= 15 is 0 Å². The number of hydrogen-bond donors (Lipinski definition) is 1. The third-order valence-electron chi connectivity index (χ3n) is 3.68. The molecule has 0 atom stereocenters. The Balaban J connectivity index is 1.85. The summed E-state index contributed by atoms with van der Waals surface area (Å²) in [7, 11) is 1.28. The minimum absolute atomic E-state index is 0.165. The van der Waals surface area contributed by atoms with E-state index in [9.17, 15) is 22.8 Å². The lowest BCUT2D eigenvalue weighted by atomic mass is 10.1. The Morgan fingerprint density at radius 1 is 1.18 bits per heavy atom. The predicted molar refractivity (Wildman–Crippen MR) is 94.3 cm³/mol. The van der Waals surface area contributed by atoms with E-state index in [0.717, 1.165) is 6.07 Å². The molecule has 1 N–H and O–H groups in total. The number of aromatic amines is 1. The minimum Gasteiger partial charge on any atom is -0.465 e. The highest BCUT2D eigenvalue weighted by Crippen LogP contribution is 2.27. The van der Waals surface area contributed by atoms with E-state index in [2.05, 4.69) is 9.72 Å². The van der Waals surface area contributed by atoms with Crippen LogP contribution >= 0.6 is 0 Å². The molecule has 0 spiro atoms. The van der Waals surface area contributed by atoms with Crippen LogP contribution in [0.4, 0.5) is 13.2 Å². The fraction of sp³-hybridized carbons (Fsp3) is 0.105. The Morgan fingerprint density at radius 2 is 1.96 bits per heavy atom. The second kappa shape index (κ2) is 7.55. The molecule has 1 aromatic carbocycles. The van der Waals surface area contributed by atoms with Crippen LogP contribution in [0.2, 0.25) is 0 Å². The van der Waals surface area contributed by atoms with Gasteiger partial charge in [0.1, 0.15) is 17.2 Å². The van der Waals surface area contributed by atoms with Gasteiger partial charge in [-0.15, -0.1) is 0 Å². The van der Waals surface area contributed by atoms with E-state index in [4.69, 9.17) is 4.42 Å². The Kier molecular flexibility index (Phi) is 5.16. The third kappa shape index (κ3) is 4.37. The van der Waals surface area contributed by atoms with Crippen LogP contribution in [-0.2, 0) is 10.9 Å². The second-order valence-corrected chi connectivity index (χ2v) is 5.63. The average Bonchev–Trinajstić information content (AvgIpc) is 3.14. The molecule has 0 amide bonds. The summed E-state index contributed by atoms with van der Waals surface area (Å²) in [6, 6.07) is 10.5. The number of aromatic nitrogens is 2. The molecule has 9 heteroatoms. The number of nitrogens with one attached hydrogen (secondary N) is 1. The lowest BCUT2D eigenvalue weighted by molar-refractivity contribution is -0.141. The molecule has 3 rings (SSSR count). The summed E-state index contributed by atoms with van der Waals surface area (Å²) >= 11 is 0. The molecular weight excluding hydrogens is 377 g/mol. The van der Waals surface area contributed by atoms with Crippen molar-refractivity contribution in [2.45, 2.75) is 6.18 Å². The smallest absolute Gasteiger partial charge is 0.431 e. The molecule has 0 radical (unpaired) electrons.